The minimum Gasteiger partial charge on any atom is -0.508 e. The highest BCUT2D eigenvalue weighted by atomic mass is 32.2. The van der Waals surface area contributed by atoms with Crippen molar-refractivity contribution in [2.24, 2.45) is 17.6 Å². The number of aryl methyl sites for hydroxylation is 1. The van der Waals surface area contributed by atoms with Crippen LogP contribution < -0.4 is 36.6 Å². The first kappa shape index (κ1) is 73.0. The highest BCUT2D eigenvalue weighted by Crippen LogP contribution is 2.48. The number of aliphatic hydroxyl groups is 1. The molecule has 0 radical (unpaired) electrons. The number of phenolic OH excluding ortho intramolecular Hbond substituents is 1. The number of aliphatic hydroxyl groups excluding tert-OH is 1. The molecular weight excluding hydrogens is 1270 g/mol. The number of aromatic nitrogens is 2. The summed E-state index contributed by atoms with van der Waals surface area (Å²) in [5.41, 5.74) is 9.92. The van der Waals surface area contributed by atoms with Gasteiger partial charge >= 0.3 is 24.3 Å². The maximum atomic E-state index is 14.7. The average molecular weight is 1360 g/mol. The zero-order chi connectivity index (χ0) is 69.9. The van der Waals surface area contributed by atoms with Crippen LogP contribution >= 0.6 is 11.8 Å². The van der Waals surface area contributed by atoms with E-state index in [2.05, 4.69) is 26.3 Å². The summed E-state index contributed by atoms with van der Waals surface area (Å²) in [5, 5.41) is 30.9. The number of nitrogens with one attached hydrogen (secondary N) is 4. The number of benzene rings is 4. The molecule has 1 unspecified atom stereocenters. The number of nitrogens with zero attached hydrogens (tertiary/aromatic N) is 6. The Labute approximate surface area is 564 Å². The van der Waals surface area contributed by atoms with Crippen LogP contribution in [0.3, 0.4) is 0 Å². The van der Waals surface area contributed by atoms with Gasteiger partial charge in [-0.3, -0.25) is 33.7 Å². The Morgan fingerprint density at radius 2 is 1.59 bits per heavy atom. The Hall–Kier alpha value is -9.84. The molecule has 8 N–H and O–H groups in total. The molecule has 2 aliphatic heterocycles. The van der Waals surface area contributed by atoms with E-state index in [0.29, 0.717) is 52.2 Å². The van der Waals surface area contributed by atoms with Gasteiger partial charge in [0.2, 0.25) is 17.7 Å². The number of nitrogens with two attached hydrogens (primary N) is 1. The van der Waals surface area contributed by atoms with E-state index in [-0.39, 0.29) is 140 Å². The molecule has 0 aliphatic carbocycles. The van der Waals surface area contributed by atoms with Crippen LogP contribution in [0.25, 0.3) is 16.4 Å². The lowest BCUT2D eigenvalue weighted by atomic mass is 9.89. The Bertz CT molecular complexity index is 3830. The lowest BCUT2D eigenvalue weighted by Gasteiger charge is -2.26. The molecular formula is C68H83N11O17S. The van der Waals surface area contributed by atoms with Crippen molar-refractivity contribution in [3.05, 3.63) is 125 Å². The number of hydrogen-bond donors (Lipinski definition) is 7. The van der Waals surface area contributed by atoms with Gasteiger partial charge in [0.05, 0.1) is 62.2 Å². The number of primary amides is 1. The molecule has 97 heavy (non-hydrogen) atoms. The van der Waals surface area contributed by atoms with E-state index in [1.807, 2.05) is 32.0 Å². The van der Waals surface area contributed by atoms with Crippen molar-refractivity contribution in [3.63, 3.8) is 0 Å². The number of aromatic hydroxyl groups is 1. The Balaban J connectivity index is 0.861. The van der Waals surface area contributed by atoms with E-state index < -0.39 is 70.9 Å². The second kappa shape index (κ2) is 34.7. The summed E-state index contributed by atoms with van der Waals surface area (Å²) < 4.78 is 29.8. The number of imidazole rings is 1. The number of carbonyl (C=O) groups excluding carboxylic acids is 10. The zero-order valence-electron chi connectivity index (χ0n) is 55.0. The number of pyridine rings is 1. The number of carbonyl (C=O) groups is 10. The van der Waals surface area contributed by atoms with Crippen LogP contribution in [0.15, 0.2) is 97.3 Å². The molecule has 2 aromatic heterocycles. The van der Waals surface area contributed by atoms with Crippen LogP contribution in [-0.4, -0.2) is 197 Å². The summed E-state index contributed by atoms with van der Waals surface area (Å²) in [5.74, 6) is -3.46. The fourth-order valence-electron chi connectivity index (χ4n) is 11.3. The lowest BCUT2D eigenvalue weighted by Crippen LogP contribution is -2.46. The Morgan fingerprint density at radius 1 is 0.845 bits per heavy atom. The molecule has 4 heterocycles. The topological polar surface area (TPSA) is 362 Å². The van der Waals surface area contributed by atoms with Crippen LogP contribution in [0.4, 0.5) is 36.2 Å². The number of hydrogen-bond acceptors (Lipinski definition) is 19. The minimum absolute atomic E-state index is 0.0102. The number of rotatable bonds is 33. The predicted molar refractivity (Wildman–Crippen MR) is 361 cm³/mol. The summed E-state index contributed by atoms with van der Waals surface area (Å²) in [7, 11) is 1.50. The summed E-state index contributed by atoms with van der Waals surface area (Å²) in [6, 6.07) is 21.2. The minimum atomic E-state index is -1.04. The fourth-order valence-corrected chi connectivity index (χ4v) is 12.0. The highest BCUT2D eigenvalue weighted by molar-refractivity contribution is 8.00. The Kier molecular flexibility index (Phi) is 26.1. The predicted octanol–water partition coefficient (Wildman–Crippen LogP) is 7.21. The van der Waals surface area contributed by atoms with Crippen LogP contribution in [0, 0.1) is 18.8 Å². The molecule has 8 rings (SSSR count). The number of likely N-dealkylation sites (N-methyl/N-ethyl adjacent to an activating group) is 1. The van der Waals surface area contributed by atoms with Gasteiger partial charge in [0.25, 0.3) is 11.8 Å². The molecule has 4 aromatic carbocycles. The van der Waals surface area contributed by atoms with Gasteiger partial charge in [-0.1, -0.05) is 51.1 Å². The van der Waals surface area contributed by atoms with E-state index in [1.165, 1.54) is 52.9 Å². The monoisotopic (exact) mass is 1360 g/mol. The van der Waals surface area contributed by atoms with Crippen LogP contribution in [-0.2, 0) is 44.7 Å². The number of phenols is 1. The highest BCUT2D eigenvalue weighted by Gasteiger charge is 2.39. The van der Waals surface area contributed by atoms with Gasteiger partial charge in [0, 0.05) is 99.5 Å². The van der Waals surface area contributed by atoms with Gasteiger partial charge < -0.3 is 80.0 Å². The average Bonchev–Trinajstić information content (AvgIpc) is 1.62. The first-order valence-corrected chi connectivity index (χ1v) is 33.2. The van der Waals surface area contributed by atoms with Crippen molar-refractivity contribution in [3.8, 4) is 11.5 Å². The lowest BCUT2D eigenvalue weighted by molar-refractivity contribution is -0.139. The number of fused-ring (bicyclic) bond motifs is 4. The van der Waals surface area contributed by atoms with Gasteiger partial charge in [0.15, 0.2) is 5.78 Å². The van der Waals surface area contributed by atoms with Crippen molar-refractivity contribution >= 4 is 105 Å². The molecule has 0 bridgehead atoms. The molecule has 518 valence electrons. The number of imide groups is 1. The van der Waals surface area contributed by atoms with E-state index in [9.17, 15) is 58.2 Å². The number of urea groups is 1. The number of ether oxygens (including phenoxy) is 5. The molecule has 29 heteroatoms. The summed E-state index contributed by atoms with van der Waals surface area (Å²) >= 11 is 1.31. The van der Waals surface area contributed by atoms with Crippen LogP contribution in [0.5, 0.6) is 11.5 Å². The number of ketones is 1. The summed E-state index contributed by atoms with van der Waals surface area (Å²) in [6.45, 7) is 7.37. The molecule has 1 saturated heterocycles. The molecule has 28 nitrogen and oxygen atoms in total. The normalized spacial score (nSPS) is 14.8. The van der Waals surface area contributed by atoms with Gasteiger partial charge in [-0.2, -0.15) is 11.8 Å². The van der Waals surface area contributed by atoms with Crippen molar-refractivity contribution in [2.75, 3.05) is 108 Å². The number of alkyl carbamates (subject to hydrolysis) is 1. The molecule has 0 saturated carbocycles. The molecule has 1 fully saturated rings. The second-order valence-electron chi connectivity index (χ2n) is 23.7. The first-order chi connectivity index (χ1) is 46.6. The van der Waals surface area contributed by atoms with Gasteiger partial charge in [-0.15, -0.1) is 0 Å². The molecule has 6 aromatic rings. The smallest absolute Gasteiger partial charge is 0.415 e. The van der Waals surface area contributed by atoms with E-state index in [1.54, 1.807) is 84.3 Å². The zero-order valence-corrected chi connectivity index (χ0v) is 55.9. The number of likely N-dealkylation sites (tertiary alicyclic amines) is 1. The van der Waals surface area contributed by atoms with Crippen LogP contribution in [0.2, 0.25) is 0 Å². The maximum Gasteiger partial charge on any atom is 0.415 e. The fraction of sp³-hybridized carbons (Fsp3) is 0.426. The number of anilines is 3. The standard InChI is InChI=1S/C68H83N11O17S/c1-7-44-37-79(63(86)51-39-77-38-48(19-22-56(77)73-51)72-61(84)45-15-20-49(81)21-16-45)52-35-54(50-12-8-10-42(4)58(50)59(44)52)96-68(91)76(26-29-92-31-28-80)25-24-75(5)67(90)95-40-43-13-17-47(18-14-43)71-62(85)46(11-9-23-70-65(69)88)34-53(82)60(41(2)3)74-66(89)94-33-32-93-30-27-78-57(83)36-55(97-6)64(78)87/h8,10,12-22,35,38-39,41,44,46,55,60,80-81H,7,9,11,23-34,36-37,40H2,1-6H3,(H,71,85)(H,72,84)(H,74,89)(H3,69,70,88)/t44-,46-,55?,60+/m1/s1. The van der Waals surface area contributed by atoms with Crippen LogP contribution in [0.1, 0.15) is 96.3 Å². The third-order valence-corrected chi connectivity index (χ3v) is 17.5. The number of thioether (sulfide) groups is 1. The van der Waals surface area contributed by atoms with Gasteiger partial charge in [0.1, 0.15) is 36.1 Å². The molecule has 0 spiro atoms. The van der Waals surface area contributed by atoms with Crippen molar-refractivity contribution in [1.29, 1.82) is 0 Å². The van der Waals surface area contributed by atoms with E-state index in [4.69, 9.17) is 29.4 Å². The third kappa shape index (κ3) is 19.4. The Morgan fingerprint density at radius 3 is 2.29 bits per heavy atom. The van der Waals surface area contributed by atoms with Gasteiger partial charge in [-0.25, -0.2) is 24.2 Å². The summed E-state index contributed by atoms with van der Waals surface area (Å²) in [6.07, 6.45) is 3.61. The molecule has 10 amide bonds. The van der Waals surface area contributed by atoms with E-state index in [0.717, 1.165) is 21.4 Å². The SMILES string of the molecule is CC[C@@H]1CN(C(=O)c2cn3cc(NC(=O)c4ccc(O)cc4)ccc3n2)c2cc(OC(=O)N(CCOCCO)CCN(C)C(=O)OCc3ccc(NC(=O)[C@H](CCCNC(N)=O)CC(=O)[C@@H](NC(=O)OCCOCCN4C(=O)CC(SC)C4=O)C(C)C)cc3)c3cccc(C)c3c21. The summed E-state index contributed by atoms with van der Waals surface area (Å²) in [4.78, 5) is 142. The molecule has 4 atom stereocenters. The van der Waals surface area contributed by atoms with Gasteiger partial charge in [-0.05, 0) is 109 Å². The number of amides is 10. The maximum absolute atomic E-state index is 14.7. The quantitative estimate of drug-likeness (QED) is 0.0158. The first-order valence-electron chi connectivity index (χ1n) is 31.9. The van der Waals surface area contributed by atoms with Crippen molar-refractivity contribution in [1.82, 2.24) is 34.7 Å². The second-order valence-corrected chi connectivity index (χ2v) is 24.8. The third-order valence-electron chi connectivity index (χ3n) is 16.6. The molecule has 2 aliphatic rings. The van der Waals surface area contributed by atoms with Crippen molar-refractivity contribution in [2.45, 2.75) is 83.6 Å². The van der Waals surface area contributed by atoms with E-state index >= 15 is 0 Å². The van der Waals surface area contributed by atoms with Crippen molar-refractivity contribution < 1.29 is 81.8 Å². The largest absolute Gasteiger partial charge is 0.508 e. The number of Topliss-reactive ketones (excluding diaryl/α,β-unsaturated/α-hetero) is 1.